The van der Waals surface area contributed by atoms with Crippen LogP contribution in [0.1, 0.15) is 35.7 Å². The fourth-order valence-corrected chi connectivity index (χ4v) is 2.34. The van der Waals surface area contributed by atoms with Crippen molar-refractivity contribution in [2.24, 2.45) is 0 Å². The van der Waals surface area contributed by atoms with Crippen molar-refractivity contribution < 1.29 is 9.53 Å². The first-order valence-electron chi connectivity index (χ1n) is 5.20. The molecule has 2 rings (SSSR count). The van der Waals surface area contributed by atoms with Gasteiger partial charge in [0.15, 0.2) is 5.78 Å². The van der Waals surface area contributed by atoms with Gasteiger partial charge in [-0.1, -0.05) is 22.9 Å². The third kappa shape index (κ3) is 2.07. The van der Waals surface area contributed by atoms with Gasteiger partial charge in [-0.25, -0.2) is 0 Å². The lowest BCUT2D eigenvalue weighted by atomic mass is 10.0. The van der Waals surface area contributed by atoms with E-state index in [1.165, 1.54) is 0 Å². The summed E-state index contributed by atoms with van der Waals surface area (Å²) >= 11 is 3.43. The van der Waals surface area contributed by atoms with Crippen molar-refractivity contribution in [3.63, 3.8) is 0 Å². The molecule has 0 unspecified atom stereocenters. The molecule has 0 aromatic heterocycles. The number of fused-ring (bicyclic) bond motifs is 1. The number of benzene rings is 1. The Hall–Kier alpha value is -0.830. The number of carbonyl (C=O) groups is 1. The van der Waals surface area contributed by atoms with Crippen LogP contribution in [-0.4, -0.2) is 12.4 Å². The van der Waals surface area contributed by atoms with Crippen LogP contribution in [0.3, 0.4) is 0 Å². The average molecular weight is 269 g/mol. The smallest absolute Gasteiger partial charge is 0.166 e. The Bertz CT molecular complexity index is 399. The van der Waals surface area contributed by atoms with Crippen LogP contribution < -0.4 is 4.74 Å². The van der Waals surface area contributed by atoms with Gasteiger partial charge in [0.1, 0.15) is 5.75 Å². The van der Waals surface area contributed by atoms with Crippen LogP contribution in [0.2, 0.25) is 0 Å². The molecule has 0 amide bonds. The number of ether oxygens (including phenoxy) is 1. The van der Waals surface area contributed by atoms with Crippen molar-refractivity contribution in [1.82, 2.24) is 0 Å². The Morgan fingerprint density at radius 1 is 1.53 bits per heavy atom. The summed E-state index contributed by atoms with van der Waals surface area (Å²) in [4.78, 5) is 11.9. The molecule has 0 atom stereocenters. The molecule has 1 aliphatic rings. The lowest BCUT2D eigenvalue weighted by Gasteiger charge is -2.07. The van der Waals surface area contributed by atoms with Crippen LogP contribution in [0.15, 0.2) is 16.6 Å². The van der Waals surface area contributed by atoms with Gasteiger partial charge in [0.05, 0.1) is 12.2 Å². The van der Waals surface area contributed by atoms with Crippen LogP contribution in [0.5, 0.6) is 5.75 Å². The lowest BCUT2D eigenvalue weighted by molar-refractivity contribution is 0.0978. The van der Waals surface area contributed by atoms with E-state index in [0.717, 1.165) is 34.2 Å². The second kappa shape index (κ2) is 4.35. The number of rotatable bonds is 3. The standard InChI is InChI=1S/C12H13BrO2/c1-2-3-11(14)10-7-9(13)6-8-4-5-15-12(8)10/h6-7H,2-5H2,1H3. The maximum atomic E-state index is 11.9. The van der Waals surface area contributed by atoms with E-state index in [9.17, 15) is 4.79 Å². The van der Waals surface area contributed by atoms with E-state index < -0.39 is 0 Å². The predicted molar refractivity (Wildman–Crippen MR) is 62.6 cm³/mol. The van der Waals surface area contributed by atoms with E-state index >= 15 is 0 Å². The maximum Gasteiger partial charge on any atom is 0.166 e. The van der Waals surface area contributed by atoms with Crippen molar-refractivity contribution in [2.45, 2.75) is 26.2 Å². The third-order valence-electron chi connectivity index (χ3n) is 2.53. The second-order valence-corrected chi connectivity index (χ2v) is 4.63. The minimum atomic E-state index is 0.178. The summed E-state index contributed by atoms with van der Waals surface area (Å²) in [6, 6.07) is 3.90. The molecule has 0 saturated carbocycles. The van der Waals surface area contributed by atoms with Gasteiger partial charge in [0.2, 0.25) is 0 Å². The van der Waals surface area contributed by atoms with Gasteiger partial charge in [0.25, 0.3) is 0 Å². The lowest BCUT2D eigenvalue weighted by Crippen LogP contribution is -2.01. The van der Waals surface area contributed by atoms with Crippen LogP contribution in [-0.2, 0) is 6.42 Å². The molecule has 0 radical (unpaired) electrons. The zero-order chi connectivity index (χ0) is 10.8. The molecule has 1 aromatic carbocycles. The summed E-state index contributed by atoms with van der Waals surface area (Å²) in [7, 11) is 0. The Morgan fingerprint density at radius 2 is 2.33 bits per heavy atom. The first kappa shape index (κ1) is 10.7. The number of ketones is 1. The van der Waals surface area contributed by atoms with E-state index in [1.807, 2.05) is 19.1 Å². The van der Waals surface area contributed by atoms with Crippen LogP contribution in [0.25, 0.3) is 0 Å². The normalized spacial score (nSPS) is 13.5. The predicted octanol–water partition coefficient (Wildman–Crippen LogP) is 3.37. The Balaban J connectivity index is 2.42. The molecule has 80 valence electrons. The molecule has 0 bridgehead atoms. The highest BCUT2D eigenvalue weighted by atomic mass is 79.9. The summed E-state index contributed by atoms with van der Waals surface area (Å²) in [6.07, 6.45) is 2.37. The number of carbonyl (C=O) groups excluding carboxylic acids is 1. The Kier molecular flexibility index (Phi) is 3.10. The molecule has 1 aliphatic heterocycles. The second-order valence-electron chi connectivity index (χ2n) is 3.71. The highest BCUT2D eigenvalue weighted by molar-refractivity contribution is 9.10. The summed E-state index contributed by atoms with van der Waals surface area (Å²) in [5, 5.41) is 0. The molecule has 3 heteroatoms. The summed E-state index contributed by atoms with van der Waals surface area (Å²) in [5.74, 6) is 0.980. The van der Waals surface area contributed by atoms with Gasteiger partial charge < -0.3 is 4.74 Å². The van der Waals surface area contributed by atoms with Crippen molar-refractivity contribution in [3.8, 4) is 5.75 Å². The third-order valence-corrected chi connectivity index (χ3v) is 2.98. The monoisotopic (exact) mass is 268 g/mol. The zero-order valence-corrected chi connectivity index (χ0v) is 10.3. The fraction of sp³-hybridized carbons (Fsp3) is 0.417. The van der Waals surface area contributed by atoms with Gasteiger partial charge in [-0.2, -0.15) is 0 Å². The Morgan fingerprint density at radius 3 is 3.07 bits per heavy atom. The van der Waals surface area contributed by atoms with Crippen LogP contribution >= 0.6 is 15.9 Å². The summed E-state index contributed by atoms with van der Waals surface area (Å²) < 4.78 is 6.47. The molecule has 1 heterocycles. The highest BCUT2D eigenvalue weighted by Crippen LogP contribution is 2.33. The van der Waals surface area contributed by atoms with Gasteiger partial charge in [0, 0.05) is 17.3 Å². The number of Topliss-reactive ketones (excluding diaryl/α,β-unsaturated/α-hetero) is 1. The van der Waals surface area contributed by atoms with Crippen LogP contribution in [0, 0.1) is 0 Å². The van der Waals surface area contributed by atoms with E-state index in [0.29, 0.717) is 13.0 Å². The maximum absolute atomic E-state index is 11.9. The van der Waals surface area contributed by atoms with E-state index in [-0.39, 0.29) is 5.78 Å². The van der Waals surface area contributed by atoms with Crippen molar-refractivity contribution in [2.75, 3.05) is 6.61 Å². The SMILES string of the molecule is CCCC(=O)c1cc(Br)cc2c1OCC2. The number of halogens is 1. The first-order chi connectivity index (χ1) is 7.22. The molecule has 2 nitrogen and oxygen atoms in total. The Labute approximate surface area is 97.8 Å². The number of hydrogen-bond donors (Lipinski definition) is 0. The zero-order valence-electron chi connectivity index (χ0n) is 8.68. The summed E-state index contributed by atoms with van der Waals surface area (Å²) in [5.41, 5.74) is 1.88. The topological polar surface area (TPSA) is 26.3 Å². The largest absolute Gasteiger partial charge is 0.492 e. The summed E-state index contributed by atoms with van der Waals surface area (Å²) in [6.45, 7) is 2.70. The van der Waals surface area contributed by atoms with Crippen LogP contribution in [0.4, 0.5) is 0 Å². The average Bonchev–Trinajstić information content (AvgIpc) is 2.64. The first-order valence-corrected chi connectivity index (χ1v) is 6.00. The molecule has 0 fully saturated rings. The molecule has 0 N–H and O–H groups in total. The fourth-order valence-electron chi connectivity index (χ4n) is 1.84. The molecule has 15 heavy (non-hydrogen) atoms. The molecular formula is C12H13BrO2. The van der Waals surface area contributed by atoms with E-state index in [2.05, 4.69) is 15.9 Å². The van der Waals surface area contributed by atoms with E-state index in [1.54, 1.807) is 0 Å². The molecule has 1 aromatic rings. The minimum Gasteiger partial charge on any atom is -0.492 e. The van der Waals surface area contributed by atoms with E-state index in [4.69, 9.17) is 4.74 Å². The molecular weight excluding hydrogens is 256 g/mol. The molecule has 0 spiro atoms. The van der Waals surface area contributed by atoms with Gasteiger partial charge in [-0.05, 0) is 24.1 Å². The van der Waals surface area contributed by atoms with Gasteiger partial charge in [-0.15, -0.1) is 0 Å². The molecule has 0 aliphatic carbocycles. The van der Waals surface area contributed by atoms with Crippen molar-refractivity contribution >= 4 is 21.7 Å². The van der Waals surface area contributed by atoms with Gasteiger partial charge >= 0.3 is 0 Å². The van der Waals surface area contributed by atoms with Crippen molar-refractivity contribution in [3.05, 3.63) is 27.7 Å². The number of hydrogen-bond acceptors (Lipinski definition) is 2. The highest BCUT2D eigenvalue weighted by Gasteiger charge is 2.21. The minimum absolute atomic E-state index is 0.178. The van der Waals surface area contributed by atoms with Crippen molar-refractivity contribution in [1.29, 1.82) is 0 Å². The molecule has 0 saturated heterocycles. The van der Waals surface area contributed by atoms with Gasteiger partial charge in [-0.3, -0.25) is 4.79 Å². The quantitative estimate of drug-likeness (QED) is 0.786.